The lowest BCUT2D eigenvalue weighted by molar-refractivity contribution is 0.333. The van der Waals surface area contributed by atoms with Crippen molar-refractivity contribution in [3.8, 4) is 0 Å². The first-order valence-electron chi connectivity index (χ1n) is 3.30. The smallest absolute Gasteiger partial charge is 0.217 e. The van der Waals surface area contributed by atoms with Gasteiger partial charge in [0, 0.05) is 5.92 Å². The highest BCUT2D eigenvalue weighted by atomic mass is 19.1. The van der Waals surface area contributed by atoms with Crippen LogP contribution in [0.3, 0.4) is 0 Å². The molecule has 0 N–H and O–H groups in total. The first-order valence-corrected chi connectivity index (χ1v) is 3.30. The first-order chi connectivity index (χ1) is 4.33. The van der Waals surface area contributed by atoms with Crippen LogP contribution in [-0.4, -0.2) is 12.7 Å². The van der Waals surface area contributed by atoms with E-state index in [4.69, 9.17) is 6.57 Å². The Bertz CT molecular complexity index is 127. The van der Waals surface area contributed by atoms with Gasteiger partial charge in [-0.15, -0.1) is 0 Å². The molecule has 1 saturated carbocycles. The quantitative estimate of drug-likeness (QED) is 0.475. The van der Waals surface area contributed by atoms with E-state index >= 15 is 0 Å². The average molecular weight is 127 g/mol. The van der Waals surface area contributed by atoms with Gasteiger partial charge in [0.1, 0.15) is 6.17 Å². The van der Waals surface area contributed by atoms with Crippen molar-refractivity contribution >= 4 is 0 Å². The van der Waals surface area contributed by atoms with Gasteiger partial charge in [0.05, 0.1) is 0 Å². The Morgan fingerprint density at radius 1 is 1.56 bits per heavy atom. The van der Waals surface area contributed by atoms with E-state index in [0.717, 1.165) is 6.42 Å². The van der Waals surface area contributed by atoms with Gasteiger partial charge in [-0.05, 0) is 19.3 Å². The van der Waals surface area contributed by atoms with Crippen LogP contribution in [0.2, 0.25) is 0 Å². The lowest BCUT2D eigenvalue weighted by Gasteiger charge is -1.95. The maximum Gasteiger partial charge on any atom is 0.217 e. The van der Waals surface area contributed by atoms with Crippen LogP contribution in [0.25, 0.3) is 4.85 Å². The summed E-state index contributed by atoms with van der Waals surface area (Å²) in [6, 6.07) is 0. The molecule has 1 rings (SSSR count). The van der Waals surface area contributed by atoms with Crippen molar-refractivity contribution in [3.63, 3.8) is 0 Å². The van der Waals surface area contributed by atoms with Crippen molar-refractivity contribution in [2.75, 3.05) is 6.54 Å². The second-order valence-corrected chi connectivity index (χ2v) is 2.62. The molecule has 2 atom stereocenters. The highest BCUT2D eigenvalue weighted by molar-refractivity contribution is 4.80. The zero-order valence-corrected chi connectivity index (χ0v) is 5.31. The summed E-state index contributed by atoms with van der Waals surface area (Å²) in [5.41, 5.74) is 0. The van der Waals surface area contributed by atoms with Crippen molar-refractivity contribution in [2.24, 2.45) is 5.92 Å². The highest BCUT2D eigenvalue weighted by Gasteiger charge is 2.25. The van der Waals surface area contributed by atoms with Crippen LogP contribution >= 0.6 is 0 Å². The Morgan fingerprint density at radius 2 is 2.33 bits per heavy atom. The molecule has 0 spiro atoms. The van der Waals surface area contributed by atoms with E-state index in [-0.39, 0.29) is 0 Å². The van der Waals surface area contributed by atoms with Gasteiger partial charge in [-0.2, -0.15) is 0 Å². The summed E-state index contributed by atoms with van der Waals surface area (Å²) in [6.45, 7) is 7.06. The lowest BCUT2D eigenvalue weighted by Crippen LogP contribution is -1.97. The van der Waals surface area contributed by atoms with Gasteiger partial charge in [-0.3, -0.25) is 0 Å². The molecule has 0 amide bonds. The van der Waals surface area contributed by atoms with Crippen LogP contribution in [0.5, 0.6) is 0 Å². The number of hydrogen-bond donors (Lipinski definition) is 0. The summed E-state index contributed by atoms with van der Waals surface area (Å²) in [5, 5.41) is 0. The number of rotatable bonds is 1. The monoisotopic (exact) mass is 127 g/mol. The molecule has 0 aliphatic heterocycles. The topological polar surface area (TPSA) is 4.36 Å². The van der Waals surface area contributed by atoms with Crippen molar-refractivity contribution in [2.45, 2.75) is 25.4 Å². The SMILES string of the molecule is [C-]#[N+]CC1CCC(F)C1. The Labute approximate surface area is 54.7 Å². The summed E-state index contributed by atoms with van der Waals surface area (Å²) in [6.07, 6.45) is 1.61. The predicted octanol–water partition coefficient (Wildman–Crippen LogP) is 2.04. The van der Waals surface area contributed by atoms with Gasteiger partial charge in [0.25, 0.3) is 0 Å². The minimum atomic E-state index is -0.614. The second kappa shape index (κ2) is 2.82. The van der Waals surface area contributed by atoms with E-state index in [1.165, 1.54) is 0 Å². The second-order valence-electron chi connectivity index (χ2n) is 2.62. The van der Waals surface area contributed by atoms with Crippen LogP contribution < -0.4 is 0 Å². The molecule has 50 valence electrons. The number of hydrogen-bond acceptors (Lipinski definition) is 0. The largest absolute Gasteiger partial charge is 0.317 e. The van der Waals surface area contributed by atoms with Gasteiger partial charge in [-0.1, -0.05) is 0 Å². The third kappa shape index (κ3) is 1.67. The molecule has 0 aromatic heterocycles. The van der Waals surface area contributed by atoms with Gasteiger partial charge < -0.3 is 4.85 Å². The van der Waals surface area contributed by atoms with E-state index in [2.05, 4.69) is 4.85 Å². The molecule has 0 heterocycles. The summed E-state index contributed by atoms with van der Waals surface area (Å²) in [5.74, 6) is 0.359. The summed E-state index contributed by atoms with van der Waals surface area (Å²) in [4.78, 5) is 3.24. The fourth-order valence-corrected chi connectivity index (χ4v) is 1.31. The third-order valence-electron chi connectivity index (χ3n) is 1.83. The Kier molecular flexibility index (Phi) is 2.05. The minimum absolute atomic E-state index is 0.359. The molecular weight excluding hydrogens is 117 g/mol. The molecule has 1 nitrogen and oxygen atoms in total. The Hall–Kier alpha value is -0.580. The lowest BCUT2D eigenvalue weighted by atomic mass is 10.1. The minimum Gasteiger partial charge on any atom is -0.317 e. The van der Waals surface area contributed by atoms with Crippen LogP contribution in [0.15, 0.2) is 0 Å². The van der Waals surface area contributed by atoms with Gasteiger partial charge in [0.2, 0.25) is 6.54 Å². The number of nitrogens with zero attached hydrogens (tertiary/aromatic N) is 1. The Morgan fingerprint density at radius 3 is 2.78 bits per heavy atom. The molecule has 0 aromatic carbocycles. The maximum absolute atomic E-state index is 12.4. The van der Waals surface area contributed by atoms with Crippen LogP contribution in [0.1, 0.15) is 19.3 Å². The van der Waals surface area contributed by atoms with E-state index < -0.39 is 6.17 Å². The Balaban J connectivity index is 2.24. The van der Waals surface area contributed by atoms with Gasteiger partial charge >= 0.3 is 0 Å². The van der Waals surface area contributed by atoms with Crippen LogP contribution in [0, 0.1) is 12.5 Å². The molecule has 9 heavy (non-hydrogen) atoms. The predicted molar refractivity (Wildman–Crippen MR) is 33.7 cm³/mol. The zero-order valence-electron chi connectivity index (χ0n) is 5.31. The average Bonchev–Trinajstić information content (AvgIpc) is 2.17. The fraction of sp³-hybridized carbons (Fsp3) is 0.857. The molecule has 1 aliphatic carbocycles. The van der Waals surface area contributed by atoms with Crippen molar-refractivity contribution < 1.29 is 4.39 Å². The van der Waals surface area contributed by atoms with E-state index in [1.807, 2.05) is 0 Å². The molecule has 2 unspecified atom stereocenters. The molecule has 2 heteroatoms. The van der Waals surface area contributed by atoms with E-state index in [1.54, 1.807) is 0 Å². The zero-order chi connectivity index (χ0) is 6.69. The fourth-order valence-electron chi connectivity index (χ4n) is 1.31. The summed E-state index contributed by atoms with van der Waals surface area (Å²) in [7, 11) is 0. The molecule has 0 bridgehead atoms. The first kappa shape index (κ1) is 6.54. The molecule has 1 aliphatic rings. The number of halogens is 1. The van der Waals surface area contributed by atoms with Crippen molar-refractivity contribution in [1.82, 2.24) is 0 Å². The van der Waals surface area contributed by atoms with E-state index in [0.29, 0.717) is 25.3 Å². The highest BCUT2D eigenvalue weighted by Crippen LogP contribution is 2.27. The number of alkyl halides is 1. The van der Waals surface area contributed by atoms with Crippen molar-refractivity contribution in [3.05, 3.63) is 11.4 Å². The maximum atomic E-state index is 12.4. The summed E-state index contributed by atoms with van der Waals surface area (Å²) < 4.78 is 12.4. The molecular formula is C7H10FN. The normalized spacial score (nSPS) is 34.2. The molecule has 0 radical (unpaired) electrons. The molecule has 0 saturated heterocycles. The molecule has 0 aromatic rings. The third-order valence-corrected chi connectivity index (χ3v) is 1.83. The standard InChI is InChI=1S/C7H10FN/c1-9-5-6-2-3-7(8)4-6/h6-7H,2-5H2. The molecule has 1 fully saturated rings. The van der Waals surface area contributed by atoms with E-state index in [9.17, 15) is 4.39 Å². The summed E-state index contributed by atoms with van der Waals surface area (Å²) >= 11 is 0. The van der Waals surface area contributed by atoms with Crippen molar-refractivity contribution in [1.29, 1.82) is 0 Å². The van der Waals surface area contributed by atoms with Gasteiger partial charge in [0.15, 0.2) is 0 Å². The van der Waals surface area contributed by atoms with Gasteiger partial charge in [-0.25, -0.2) is 11.0 Å². The van der Waals surface area contributed by atoms with Crippen LogP contribution in [0.4, 0.5) is 4.39 Å². The van der Waals surface area contributed by atoms with Crippen LogP contribution in [-0.2, 0) is 0 Å².